The first kappa shape index (κ1) is 14.2. The van der Waals surface area contributed by atoms with E-state index in [4.69, 9.17) is 5.73 Å². The van der Waals surface area contributed by atoms with Crippen molar-refractivity contribution in [2.75, 3.05) is 0 Å². The van der Waals surface area contributed by atoms with Gasteiger partial charge in [-0.1, -0.05) is 27.7 Å². The molecule has 98 valence electrons. The third kappa shape index (κ3) is 3.32. The third-order valence-corrected chi connectivity index (χ3v) is 4.04. The van der Waals surface area contributed by atoms with E-state index in [-0.39, 0.29) is 5.54 Å². The van der Waals surface area contributed by atoms with E-state index in [1.54, 1.807) is 0 Å². The van der Waals surface area contributed by atoms with Crippen molar-refractivity contribution in [1.82, 2.24) is 9.55 Å². The number of hydrogen-bond donors (Lipinski definition) is 1. The van der Waals surface area contributed by atoms with Crippen LogP contribution in [0.1, 0.15) is 65.0 Å². The summed E-state index contributed by atoms with van der Waals surface area (Å²) in [4.78, 5) is 4.30. The predicted molar refractivity (Wildman–Crippen MR) is 73.1 cm³/mol. The first-order valence-electron chi connectivity index (χ1n) is 6.89. The Kier molecular flexibility index (Phi) is 5.19. The predicted octanol–water partition coefficient (Wildman–Crippen LogP) is 3.30. The average Bonchev–Trinajstić information content (AvgIpc) is 2.79. The highest BCUT2D eigenvalue weighted by atomic mass is 15.1. The summed E-state index contributed by atoms with van der Waals surface area (Å²) in [5.41, 5.74) is 7.63. The quantitative estimate of drug-likeness (QED) is 0.790. The second kappa shape index (κ2) is 6.20. The van der Waals surface area contributed by atoms with Crippen LogP contribution < -0.4 is 5.73 Å². The van der Waals surface area contributed by atoms with Crippen LogP contribution in [-0.2, 0) is 6.54 Å². The Morgan fingerprint density at radius 2 is 1.82 bits per heavy atom. The first-order valence-corrected chi connectivity index (χ1v) is 6.89. The summed E-state index contributed by atoms with van der Waals surface area (Å²) in [7, 11) is 0. The van der Waals surface area contributed by atoms with Crippen LogP contribution in [0.4, 0.5) is 0 Å². The molecular weight excluding hydrogens is 210 g/mol. The zero-order chi connectivity index (χ0) is 12.9. The number of nitrogens with two attached hydrogens (primary N) is 1. The van der Waals surface area contributed by atoms with Crippen LogP contribution in [0.25, 0.3) is 0 Å². The number of aromatic nitrogens is 2. The second-order valence-corrected chi connectivity index (χ2v) is 5.03. The topological polar surface area (TPSA) is 43.8 Å². The van der Waals surface area contributed by atoms with Gasteiger partial charge in [0.2, 0.25) is 0 Å². The zero-order valence-corrected chi connectivity index (χ0v) is 11.7. The fraction of sp³-hybridized carbons (Fsp3) is 0.786. The van der Waals surface area contributed by atoms with Crippen molar-refractivity contribution in [3.8, 4) is 0 Å². The van der Waals surface area contributed by atoms with Crippen LogP contribution in [-0.4, -0.2) is 15.1 Å². The van der Waals surface area contributed by atoms with Crippen LogP contribution >= 0.6 is 0 Å². The molecule has 0 bridgehead atoms. The van der Waals surface area contributed by atoms with Gasteiger partial charge in [0.25, 0.3) is 0 Å². The standard InChI is InChI=1S/C14H27N3/c1-5-12(6-2)13-9-16-11-17(13)10-14(15,7-3)8-4/h9,11-12H,5-8,10,15H2,1-4H3. The lowest BCUT2D eigenvalue weighted by molar-refractivity contribution is 0.331. The van der Waals surface area contributed by atoms with E-state index in [9.17, 15) is 0 Å². The van der Waals surface area contributed by atoms with Crippen molar-refractivity contribution in [1.29, 1.82) is 0 Å². The maximum absolute atomic E-state index is 6.39. The van der Waals surface area contributed by atoms with Gasteiger partial charge >= 0.3 is 0 Å². The monoisotopic (exact) mass is 237 g/mol. The van der Waals surface area contributed by atoms with Gasteiger partial charge in [0, 0.05) is 29.9 Å². The van der Waals surface area contributed by atoms with E-state index in [0.29, 0.717) is 5.92 Å². The summed E-state index contributed by atoms with van der Waals surface area (Å²) in [6.07, 6.45) is 8.27. The van der Waals surface area contributed by atoms with Crippen LogP contribution in [0, 0.1) is 0 Å². The number of imidazole rings is 1. The third-order valence-electron chi connectivity index (χ3n) is 4.04. The highest BCUT2D eigenvalue weighted by Crippen LogP contribution is 2.24. The van der Waals surface area contributed by atoms with Gasteiger partial charge in [0.05, 0.1) is 6.33 Å². The fourth-order valence-corrected chi connectivity index (χ4v) is 2.32. The Morgan fingerprint density at radius 1 is 1.24 bits per heavy atom. The average molecular weight is 237 g/mol. The van der Waals surface area contributed by atoms with E-state index in [2.05, 4.69) is 37.2 Å². The van der Waals surface area contributed by atoms with Gasteiger partial charge in [-0.05, 0) is 25.7 Å². The molecule has 3 nitrogen and oxygen atoms in total. The molecule has 1 aromatic rings. The Bertz CT molecular complexity index is 322. The lowest BCUT2D eigenvalue weighted by atomic mass is 9.93. The van der Waals surface area contributed by atoms with Crippen molar-refractivity contribution < 1.29 is 0 Å². The highest BCUT2D eigenvalue weighted by molar-refractivity contribution is 5.07. The molecule has 0 saturated heterocycles. The molecule has 0 radical (unpaired) electrons. The Hall–Kier alpha value is -0.830. The Balaban J connectivity index is 2.88. The molecule has 0 fully saturated rings. The molecule has 0 unspecified atom stereocenters. The van der Waals surface area contributed by atoms with Crippen LogP contribution in [0.2, 0.25) is 0 Å². The van der Waals surface area contributed by atoms with Crippen molar-refractivity contribution in [3.05, 3.63) is 18.2 Å². The first-order chi connectivity index (χ1) is 8.10. The van der Waals surface area contributed by atoms with E-state index in [1.807, 2.05) is 12.5 Å². The van der Waals surface area contributed by atoms with Gasteiger partial charge < -0.3 is 10.3 Å². The van der Waals surface area contributed by atoms with E-state index in [1.165, 1.54) is 5.69 Å². The van der Waals surface area contributed by atoms with Gasteiger partial charge in [0.15, 0.2) is 0 Å². The minimum absolute atomic E-state index is 0.0958. The molecular formula is C14H27N3. The van der Waals surface area contributed by atoms with Crippen molar-refractivity contribution in [2.45, 2.75) is 71.4 Å². The normalized spacial score (nSPS) is 12.4. The molecule has 0 aromatic carbocycles. The lowest BCUT2D eigenvalue weighted by Crippen LogP contribution is -2.43. The maximum atomic E-state index is 6.39. The zero-order valence-electron chi connectivity index (χ0n) is 11.7. The Morgan fingerprint density at radius 3 is 2.29 bits per heavy atom. The molecule has 3 heteroatoms. The van der Waals surface area contributed by atoms with Gasteiger partial charge in [-0.15, -0.1) is 0 Å². The van der Waals surface area contributed by atoms with Gasteiger partial charge in [-0.3, -0.25) is 0 Å². The van der Waals surface area contributed by atoms with Crippen LogP contribution in [0.3, 0.4) is 0 Å². The molecule has 0 saturated carbocycles. The molecule has 1 heterocycles. The summed E-state index contributed by atoms with van der Waals surface area (Å²) < 4.78 is 2.25. The SMILES string of the molecule is CCC(CC)c1cncn1CC(N)(CC)CC. The second-order valence-electron chi connectivity index (χ2n) is 5.03. The molecule has 1 aromatic heterocycles. The van der Waals surface area contributed by atoms with Crippen LogP contribution in [0.15, 0.2) is 12.5 Å². The molecule has 2 N–H and O–H groups in total. The summed E-state index contributed by atoms with van der Waals surface area (Å²) in [5, 5.41) is 0. The summed E-state index contributed by atoms with van der Waals surface area (Å²) in [6, 6.07) is 0. The van der Waals surface area contributed by atoms with E-state index < -0.39 is 0 Å². The van der Waals surface area contributed by atoms with Crippen molar-refractivity contribution in [3.63, 3.8) is 0 Å². The van der Waals surface area contributed by atoms with E-state index in [0.717, 1.165) is 32.2 Å². The van der Waals surface area contributed by atoms with Gasteiger partial charge in [0.1, 0.15) is 0 Å². The summed E-state index contributed by atoms with van der Waals surface area (Å²) in [6.45, 7) is 9.68. The number of hydrogen-bond acceptors (Lipinski definition) is 2. The molecule has 1 rings (SSSR count). The van der Waals surface area contributed by atoms with Crippen molar-refractivity contribution >= 4 is 0 Å². The van der Waals surface area contributed by atoms with Crippen molar-refractivity contribution in [2.24, 2.45) is 5.73 Å². The van der Waals surface area contributed by atoms with Gasteiger partial charge in [-0.25, -0.2) is 4.98 Å². The summed E-state index contributed by atoms with van der Waals surface area (Å²) in [5.74, 6) is 0.607. The largest absolute Gasteiger partial charge is 0.332 e. The molecule has 0 atom stereocenters. The Labute approximate surface area is 105 Å². The number of nitrogens with zero attached hydrogens (tertiary/aromatic N) is 2. The molecule has 0 aliphatic heterocycles. The minimum Gasteiger partial charge on any atom is -0.332 e. The molecule has 17 heavy (non-hydrogen) atoms. The fourth-order valence-electron chi connectivity index (χ4n) is 2.32. The summed E-state index contributed by atoms with van der Waals surface area (Å²) >= 11 is 0. The molecule has 0 amide bonds. The minimum atomic E-state index is -0.0958. The van der Waals surface area contributed by atoms with Crippen LogP contribution in [0.5, 0.6) is 0 Å². The molecule has 0 aliphatic carbocycles. The smallest absolute Gasteiger partial charge is 0.0948 e. The number of rotatable bonds is 7. The van der Waals surface area contributed by atoms with E-state index >= 15 is 0 Å². The highest BCUT2D eigenvalue weighted by Gasteiger charge is 2.23. The lowest BCUT2D eigenvalue weighted by Gasteiger charge is -2.29. The maximum Gasteiger partial charge on any atom is 0.0948 e. The molecule has 0 aliphatic rings. The molecule has 0 spiro atoms. The van der Waals surface area contributed by atoms with Gasteiger partial charge in [-0.2, -0.15) is 0 Å².